The van der Waals surface area contributed by atoms with E-state index in [0.29, 0.717) is 0 Å². The third kappa shape index (κ3) is 5.64. The molecule has 0 bridgehead atoms. The smallest absolute Gasteiger partial charge is 0.412 e. The molecule has 0 saturated carbocycles. The number of rotatable bonds is 7. The van der Waals surface area contributed by atoms with E-state index in [9.17, 15) is 4.57 Å². The highest BCUT2D eigenvalue weighted by Crippen LogP contribution is 2.49. The van der Waals surface area contributed by atoms with Crippen LogP contribution in [0.25, 0.3) is 0 Å². The quantitative estimate of drug-likeness (QED) is 0.365. The summed E-state index contributed by atoms with van der Waals surface area (Å²) < 4.78 is 26.0. The van der Waals surface area contributed by atoms with Gasteiger partial charge in [0.2, 0.25) is 0 Å². The van der Waals surface area contributed by atoms with Gasteiger partial charge < -0.3 is 4.52 Å². The molecule has 76 valence electrons. The van der Waals surface area contributed by atoms with Crippen molar-refractivity contribution < 1.29 is 18.1 Å². The van der Waals surface area contributed by atoms with Crippen LogP contribution in [-0.4, -0.2) is 13.2 Å². The third-order valence-electron chi connectivity index (χ3n) is 0.979. The van der Waals surface area contributed by atoms with Crippen molar-refractivity contribution in [3.8, 4) is 0 Å². The fourth-order valence-electron chi connectivity index (χ4n) is 0.580. The first kappa shape index (κ1) is 12.4. The van der Waals surface area contributed by atoms with Crippen LogP contribution in [0.5, 0.6) is 0 Å². The van der Waals surface area contributed by atoms with Crippen molar-refractivity contribution in [2.24, 2.45) is 0 Å². The van der Waals surface area contributed by atoms with Crippen LogP contribution in [0.1, 0.15) is 13.8 Å². The van der Waals surface area contributed by atoms with Crippen LogP contribution in [0.2, 0.25) is 0 Å². The molecule has 0 aliphatic carbocycles. The van der Waals surface area contributed by atoms with E-state index in [1.807, 2.05) is 0 Å². The molecule has 0 aliphatic heterocycles. The molecule has 5 heteroatoms. The first-order valence-electron chi connectivity index (χ1n) is 4.03. The SMILES string of the molecule is C=C/C=C/OP(=O)(OCC)OCC. The number of phosphoric ester groups is 1. The van der Waals surface area contributed by atoms with E-state index in [1.165, 1.54) is 18.4 Å². The minimum Gasteiger partial charge on any atom is -0.412 e. The van der Waals surface area contributed by atoms with E-state index < -0.39 is 7.82 Å². The van der Waals surface area contributed by atoms with Crippen LogP contribution < -0.4 is 0 Å². The predicted octanol–water partition coefficient (Wildman–Crippen LogP) is 2.88. The van der Waals surface area contributed by atoms with Crippen molar-refractivity contribution in [1.29, 1.82) is 0 Å². The van der Waals surface area contributed by atoms with Crippen LogP contribution in [0.3, 0.4) is 0 Å². The van der Waals surface area contributed by atoms with Gasteiger partial charge >= 0.3 is 7.82 Å². The highest BCUT2D eigenvalue weighted by molar-refractivity contribution is 7.48. The van der Waals surface area contributed by atoms with Gasteiger partial charge in [-0.3, -0.25) is 9.05 Å². The summed E-state index contributed by atoms with van der Waals surface area (Å²) in [7, 11) is -3.38. The Labute approximate surface area is 78.8 Å². The summed E-state index contributed by atoms with van der Waals surface area (Å²) in [5.41, 5.74) is 0. The van der Waals surface area contributed by atoms with Crippen molar-refractivity contribution in [3.05, 3.63) is 25.0 Å². The van der Waals surface area contributed by atoms with Gasteiger partial charge in [-0.2, -0.15) is 0 Å². The largest absolute Gasteiger partial charge is 0.529 e. The van der Waals surface area contributed by atoms with E-state index in [2.05, 4.69) is 6.58 Å². The van der Waals surface area contributed by atoms with Gasteiger partial charge in [0.1, 0.15) is 0 Å². The monoisotopic (exact) mass is 206 g/mol. The van der Waals surface area contributed by atoms with Crippen LogP contribution in [0.15, 0.2) is 25.0 Å². The molecule has 0 amide bonds. The molecular weight excluding hydrogens is 191 g/mol. The maximum Gasteiger partial charge on any atom is 0.529 e. The van der Waals surface area contributed by atoms with Gasteiger partial charge in [0.05, 0.1) is 19.5 Å². The highest BCUT2D eigenvalue weighted by atomic mass is 31.2. The fraction of sp³-hybridized carbons (Fsp3) is 0.500. The lowest BCUT2D eigenvalue weighted by Crippen LogP contribution is -1.96. The van der Waals surface area contributed by atoms with Gasteiger partial charge in [-0.1, -0.05) is 12.7 Å². The standard InChI is InChI=1S/C8H15O4P/c1-4-7-8-12-13(9,10-5-2)11-6-3/h4,7-8H,1,5-6H2,2-3H3/b8-7+. The van der Waals surface area contributed by atoms with Gasteiger partial charge in [0.25, 0.3) is 0 Å². The van der Waals surface area contributed by atoms with Crippen molar-refractivity contribution in [2.75, 3.05) is 13.2 Å². The Morgan fingerprint density at radius 3 is 2.23 bits per heavy atom. The van der Waals surface area contributed by atoms with Crippen molar-refractivity contribution in [1.82, 2.24) is 0 Å². The molecule has 0 spiro atoms. The van der Waals surface area contributed by atoms with E-state index in [-0.39, 0.29) is 13.2 Å². The normalized spacial score (nSPS) is 11.8. The average Bonchev–Trinajstić information content (AvgIpc) is 2.05. The minimum atomic E-state index is -3.38. The van der Waals surface area contributed by atoms with E-state index >= 15 is 0 Å². The predicted molar refractivity (Wildman–Crippen MR) is 51.3 cm³/mol. The molecule has 0 fully saturated rings. The fourth-order valence-corrected chi connectivity index (χ4v) is 1.63. The Morgan fingerprint density at radius 1 is 1.31 bits per heavy atom. The molecular formula is C8H15O4P. The summed E-state index contributed by atoms with van der Waals surface area (Å²) in [6.07, 6.45) is 4.24. The summed E-state index contributed by atoms with van der Waals surface area (Å²) in [5, 5.41) is 0. The molecule has 0 aromatic heterocycles. The Hall–Kier alpha value is -0.570. The molecule has 0 aliphatic rings. The van der Waals surface area contributed by atoms with Crippen LogP contribution in [0, 0.1) is 0 Å². The first-order chi connectivity index (χ1) is 6.18. The van der Waals surface area contributed by atoms with Crippen LogP contribution >= 0.6 is 7.82 Å². The second-order valence-corrected chi connectivity index (χ2v) is 3.57. The summed E-state index contributed by atoms with van der Waals surface area (Å²) in [4.78, 5) is 0. The van der Waals surface area contributed by atoms with Gasteiger partial charge in [0.15, 0.2) is 0 Å². The molecule has 0 rings (SSSR count). The summed E-state index contributed by atoms with van der Waals surface area (Å²) in [5.74, 6) is 0. The molecule has 0 unspecified atom stereocenters. The Kier molecular flexibility index (Phi) is 6.59. The molecule has 0 radical (unpaired) electrons. The zero-order valence-corrected chi connectivity index (χ0v) is 8.83. The molecule has 0 saturated heterocycles. The molecule has 0 N–H and O–H groups in total. The lowest BCUT2D eigenvalue weighted by molar-refractivity contribution is 0.154. The first-order valence-corrected chi connectivity index (χ1v) is 5.49. The van der Waals surface area contributed by atoms with E-state index in [0.717, 1.165) is 0 Å². The number of phosphoric acid groups is 1. The topological polar surface area (TPSA) is 44.8 Å². The number of hydrogen-bond donors (Lipinski definition) is 0. The number of allylic oxidation sites excluding steroid dienone is 2. The Morgan fingerprint density at radius 2 is 1.85 bits per heavy atom. The second kappa shape index (κ2) is 6.89. The zero-order chi connectivity index (χ0) is 10.2. The van der Waals surface area contributed by atoms with Gasteiger partial charge in [-0.15, -0.1) is 0 Å². The zero-order valence-electron chi connectivity index (χ0n) is 7.93. The van der Waals surface area contributed by atoms with E-state index in [1.54, 1.807) is 13.8 Å². The Bertz CT molecular complexity index is 202. The Balaban J connectivity index is 4.14. The van der Waals surface area contributed by atoms with Crippen molar-refractivity contribution in [2.45, 2.75) is 13.8 Å². The maximum absolute atomic E-state index is 11.5. The molecule has 13 heavy (non-hydrogen) atoms. The van der Waals surface area contributed by atoms with Crippen LogP contribution in [-0.2, 0) is 18.1 Å². The summed E-state index contributed by atoms with van der Waals surface area (Å²) in [6.45, 7) is 7.42. The molecule has 0 heterocycles. The molecule has 0 aromatic rings. The minimum absolute atomic E-state index is 0.277. The lowest BCUT2D eigenvalue weighted by Gasteiger charge is -2.13. The van der Waals surface area contributed by atoms with Gasteiger partial charge in [-0.25, -0.2) is 4.57 Å². The molecule has 0 atom stereocenters. The summed E-state index contributed by atoms with van der Waals surface area (Å²) >= 11 is 0. The highest BCUT2D eigenvalue weighted by Gasteiger charge is 2.24. The lowest BCUT2D eigenvalue weighted by atomic mass is 10.6. The third-order valence-corrected chi connectivity index (χ3v) is 2.51. The van der Waals surface area contributed by atoms with Crippen molar-refractivity contribution in [3.63, 3.8) is 0 Å². The van der Waals surface area contributed by atoms with E-state index in [4.69, 9.17) is 13.6 Å². The van der Waals surface area contributed by atoms with Crippen LogP contribution in [0.4, 0.5) is 0 Å². The number of hydrogen-bond acceptors (Lipinski definition) is 4. The molecule has 0 aromatic carbocycles. The second-order valence-electron chi connectivity index (χ2n) is 1.95. The maximum atomic E-state index is 11.5. The average molecular weight is 206 g/mol. The van der Waals surface area contributed by atoms with Crippen molar-refractivity contribution >= 4 is 7.82 Å². The molecule has 4 nitrogen and oxygen atoms in total. The van der Waals surface area contributed by atoms with Gasteiger partial charge in [-0.05, 0) is 19.9 Å². The van der Waals surface area contributed by atoms with Gasteiger partial charge in [0, 0.05) is 0 Å². The summed E-state index contributed by atoms with van der Waals surface area (Å²) in [6, 6.07) is 0.